The number of nitrogens with one attached hydrogen (secondary N) is 1. The molecule has 8 nitrogen and oxygen atoms in total. The lowest BCUT2D eigenvalue weighted by atomic mass is 10.0. The maximum absolute atomic E-state index is 14.9. The minimum absolute atomic E-state index is 0.0444. The van der Waals surface area contributed by atoms with Crippen LogP contribution in [0.25, 0.3) is 27.6 Å². The summed E-state index contributed by atoms with van der Waals surface area (Å²) in [6, 6.07) is 20.0. The number of carbonyl (C=O) groups excluding carboxylic acids is 1. The molecule has 0 aliphatic rings. The molecule has 0 atom stereocenters. The molecule has 0 saturated carbocycles. The number of fused-ring (bicyclic) bond motifs is 1. The molecule has 180 valence electrons. The van der Waals surface area contributed by atoms with Crippen molar-refractivity contribution in [3.05, 3.63) is 96.3 Å². The van der Waals surface area contributed by atoms with Gasteiger partial charge in [-0.1, -0.05) is 48.5 Å². The fourth-order valence-electron chi connectivity index (χ4n) is 3.84. The van der Waals surface area contributed by atoms with Gasteiger partial charge in [0.25, 0.3) is 5.91 Å². The van der Waals surface area contributed by atoms with E-state index < -0.39 is 27.4 Å². The average Bonchev–Trinajstić information content (AvgIpc) is 3.34. The van der Waals surface area contributed by atoms with Crippen LogP contribution in [0, 0.1) is 11.6 Å². The van der Waals surface area contributed by atoms with Gasteiger partial charge in [-0.3, -0.25) is 4.79 Å². The number of nitrogens with zero attached hydrogens (tertiary/aromatic N) is 4. The summed E-state index contributed by atoms with van der Waals surface area (Å²) in [5.74, 6) is -2.67. The van der Waals surface area contributed by atoms with Gasteiger partial charge in [0.1, 0.15) is 17.3 Å². The van der Waals surface area contributed by atoms with Crippen molar-refractivity contribution < 1.29 is 22.0 Å². The van der Waals surface area contributed by atoms with Crippen LogP contribution in [-0.4, -0.2) is 40.8 Å². The number of anilines is 1. The molecule has 1 N–H and O–H groups in total. The quantitative estimate of drug-likeness (QED) is 0.379. The first kappa shape index (κ1) is 23.2. The molecule has 0 aliphatic heterocycles. The first-order valence-corrected chi connectivity index (χ1v) is 12.5. The number of hydrogen-bond acceptors (Lipinski definition) is 6. The zero-order valence-electron chi connectivity index (χ0n) is 18.7. The first-order chi connectivity index (χ1) is 17.2. The topological polar surface area (TPSA) is 107 Å². The summed E-state index contributed by atoms with van der Waals surface area (Å²) >= 11 is 0. The van der Waals surface area contributed by atoms with Gasteiger partial charge >= 0.3 is 0 Å². The lowest BCUT2D eigenvalue weighted by molar-refractivity contribution is 0.101. The predicted molar refractivity (Wildman–Crippen MR) is 130 cm³/mol. The third-order valence-corrected chi connectivity index (χ3v) is 6.69. The highest BCUT2D eigenvalue weighted by Crippen LogP contribution is 2.30. The van der Waals surface area contributed by atoms with Gasteiger partial charge in [0.15, 0.2) is 9.84 Å². The van der Waals surface area contributed by atoms with Gasteiger partial charge in [0.05, 0.1) is 10.6 Å². The van der Waals surface area contributed by atoms with Gasteiger partial charge in [-0.05, 0) is 57.1 Å². The summed E-state index contributed by atoms with van der Waals surface area (Å²) < 4.78 is 54.9. The third-order valence-electron chi connectivity index (χ3n) is 5.53. The van der Waals surface area contributed by atoms with Crippen molar-refractivity contribution in [2.75, 3.05) is 11.6 Å². The van der Waals surface area contributed by atoms with Crippen molar-refractivity contribution in [3.8, 4) is 16.8 Å². The van der Waals surface area contributed by atoms with Crippen LogP contribution in [-0.2, 0) is 9.84 Å². The molecule has 36 heavy (non-hydrogen) atoms. The van der Waals surface area contributed by atoms with Crippen molar-refractivity contribution in [1.82, 2.24) is 20.2 Å². The molecular formula is C25H17F2N5O3S. The molecule has 4 aromatic carbocycles. The average molecular weight is 506 g/mol. The fraction of sp³-hybridized carbons (Fsp3) is 0.0400. The number of carbonyl (C=O) groups is 1. The standard InChI is InChI=1S/C25H17F2N5O3S/c1-36(34,35)23-9-5-4-8-18(23)17-10-11-21(19(26)13-17)28-25(33)24-29-30-31-32(24)22-14-16-7-3-2-6-15(16)12-20(22)27/h2-14H,1H3,(H,28,33). The van der Waals surface area contributed by atoms with Crippen LogP contribution >= 0.6 is 0 Å². The summed E-state index contributed by atoms with van der Waals surface area (Å²) in [5.41, 5.74) is 0.410. The van der Waals surface area contributed by atoms with Gasteiger partial charge in [-0.15, -0.1) is 5.10 Å². The van der Waals surface area contributed by atoms with E-state index in [4.69, 9.17) is 0 Å². The second-order valence-corrected chi connectivity index (χ2v) is 9.97. The Morgan fingerprint density at radius 3 is 2.31 bits per heavy atom. The molecular weight excluding hydrogens is 488 g/mol. The highest BCUT2D eigenvalue weighted by molar-refractivity contribution is 7.90. The first-order valence-electron chi connectivity index (χ1n) is 10.6. The van der Waals surface area contributed by atoms with Crippen LogP contribution in [0.2, 0.25) is 0 Å². The molecule has 5 aromatic rings. The Bertz CT molecular complexity index is 1750. The maximum atomic E-state index is 14.9. The van der Waals surface area contributed by atoms with Crippen LogP contribution in [0.4, 0.5) is 14.5 Å². The van der Waals surface area contributed by atoms with E-state index in [2.05, 4.69) is 20.8 Å². The van der Waals surface area contributed by atoms with E-state index in [1.54, 1.807) is 42.5 Å². The zero-order valence-corrected chi connectivity index (χ0v) is 19.5. The number of amides is 1. The molecule has 11 heteroatoms. The van der Waals surface area contributed by atoms with Crippen molar-refractivity contribution in [3.63, 3.8) is 0 Å². The third kappa shape index (κ3) is 4.31. The minimum Gasteiger partial charge on any atom is -0.317 e. The molecule has 0 fully saturated rings. The van der Waals surface area contributed by atoms with Crippen molar-refractivity contribution >= 4 is 32.2 Å². The van der Waals surface area contributed by atoms with Gasteiger partial charge in [-0.25, -0.2) is 17.2 Å². The van der Waals surface area contributed by atoms with E-state index in [1.165, 1.54) is 30.3 Å². The normalized spacial score (nSPS) is 11.5. The van der Waals surface area contributed by atoms with Crippen LogP contribution < -0.4 is 5.32 Å². The van der Waals surface area contributed by atoms with E-state index in [1.807, 2.05) is 0 Å². The molecule has 1 amide bonds. The van der Waals surface area contributed by atoms with Crippen molar-refractivity contribution in [1.29, 1.82) is 0 Å². The van der Waals surface area contributed by atoms with E-state index in [9.17, 15) is 22.0 Å². The van der Waals surface area contributed by atoms with Gasteiger partial charge < -0.3 is 5.32 Å². The Balaban J connectivity index is 1.46. The summed E-state index contributed by atoms with van der Waals surface area (Å²) in [7, 11) is -3.55. The molecule has 1 aromatic heterocycles. The van der Waals surface area contributed by atoms with Crippen LogP contribution in [0.15, 0.2) is 83.8 Å². The van der Waals surface area contributed by atoms with Crippen molar-refractivity contribution in [2.24, 2.45) is 0 Å². The molecule has 0 saturated heterocycles. The second-order valence-electron chi connectivity index (χ2n) is 7.98. The van der Waals surface area contributed by atoms with E-state index in [0.717, 1.165) is 17.0 Å². The Hall–Kier alpha value is -4.51. The SMILES string of the molecule is CS(=O)(=O)c1ccccc1-c1ccc(NC(=O)c2nnnn2-c2cc3ccccc3cc2F)c(F)c1. The number of halogens is 2. The molecule has 0 bridgehead atoms. The van der Waals surface area contributed by atoms with Crippen LogP contribution in [0.1, 0.15) is 10.6 Å². The second kappa shape index (κ2) is 8.93. The lowest BCUT2D eigenvalue weighted by Gasteiger charge is -2.11. The van der Waals surface area contributed by atoms with E-state index in [-0.39, 0.29) is 22.1 Å². The zero-order chi connectivity index (χ0) is 25.4. The smallest absolute Gasteiger partial charge is 0.295 e. The monoisotopic (exact) mass is 505 g/mol. The Morgan fingerprint density at radius 2 is 1.58 bits per heavy atom. The molecule has 1 heterocycles. The number of tetrazole rings is 1. The summed E-state index contributed by atoms with van der Waals surface area (Å²) in [4.78, 5) is 12.9. The number of benzene rings is 4. The number of rotatable bonds is 5. The van der Waals surface area contributed by atoms with Gasteiger partial charge in [0.2, 0.25) is 5.82 Å². The molecule has 0 unspecified atom stereocenters. The Kier molecular flexibility index (Phi) is 5.77. The van der Waals surface area contributed by atoms with Crippen molar-refractivity contribution in [2.45, 2.75) is 4.90 Å². The molecule has 0 aliphatic carbocycles. The van der Waals surface area contributed by atoms with Crippen LogP contribution in [0.3, 0.4) is 0 Å². The maximum Gasteiger partial charge on any atom is 0.295 e. The Labute approximate surface area is 204 Å². The Morgan fingerprint density at radius 1 is 0.889 bits per heavy atom. The highest BCUT2D eigenvalue weighted by atomic mass is 32.2. The van der Waals surface area contributed by atoms with E-state index in [0.29, 0.717) is 21.9 Å². The molecule has 5 rings (SSSR count). The summed E-state index contributed by atoms with van der Waals surface area (Å²) in [6.45, 7) is 0. The van der Waals surface area contributed by atoms with Crippen LogP contribution in [0.5, 0.6) is 0 Å². The van der Waals surface area contributed by atoms with Gasteiger partial charge in [0, 0.05) is 11.8 Å². The molecule has 0 radical (unpaired) electrons. The number of hydrogen-bond donors (Lipinski definition) is 1. The van der Waals surface area contributed by atoms with E-state index >= 15 is 0 Å². The fourth-order valence-corrected chi connectivity index (χ4v) is 4.76. The summed E-state index contributed by atoms with van der Waals surface area (Å²) in [5, 5.41) is 14.6. The number of sulfone groups is 1. The van der Waals surface area contributed by atoms with Gasteiger partial charge in [-0.2, -0.15) is 4.68 Å². The highest BCUT2D eigenvalue weighted by Gasteiger charge is 2.21. The largest absolute Gasteiger partial charge is 0.317 e. The lowest BCUT2D eigenvalue weighted by Crippen LogP contribution is -2.19. The minimum atomic E-state index is -3.55. The summed E-state index contributed by atoms with van der Waals surface area (Å²) in [6.07, 6.45) is 1.07. The molecule has 0 spiro atoms. The number of aromatic nitrogens is 4. The predicted octanol–water partition coefficient (Wildman–Crippen LogP) is 4.42.